The van der Waals surface area contributed by atoms with Gasteiger partial charge in [-0.25, -0.2) is 0 Å². The average molecular weight is 508 g/mol. The second kappa shape index (κ2) is 11.8. The van der Waals surface area contributed by atoms with Crippen molar-refractivity contribution in [1.29, 1.82) is 0 Å². The molecule has 2 aromatic carbocycles. The second-order valence-electron chi connectivity index (χ2n) is 8.49. The first-order valence-electron chi connectivity index (χ1n) is 11.4. The van der Waals surface area contributed by atoms with Gasteiger partial charge in [0.15, 0.2) is 0 Å². The van der Waals surface area contributed by atoms with Gasteiger partial charge in [-0.05, 0) is 80.6 Å². The third-order valence-electron chi connectivity index (χ3n) is 5.81. The zero-order valence-corrected chi connectivity index (χ0v) is 19.6. The smallest absolute Gasteiger partial charge is 0.490 e. The highest BCUT2D eigenvalue weighted by Crippen LogP contribution is 2.28. The van der Waals surface area contributed by atoms with Crippen LogP contribution in [0.5, 0.6) is 11.5 Å². The minimum atomic E-state index is -4.81. The van der Waals surface area contributed by atoms with Gasteiger partial charge in [-0.15, -0.1) is 13.2 Å². The number of nitrogens with one attached hydrogen (secondary N) is 2. The Labute approximate surface area is 205 Å². The van der Waals surface area contributed by atoms with E-state index in [2.05, 4.69) is 15.4 Å². The number of carboxylic acid groups (broad SMARTS) is 1. The van der Waals surface area contributed by atoms with Gasteiger partial charge in [0, 0.05) is 24.2 Å². The SMILES string of the molecule is Cc1cc(OC2CCC(C(=O)O)CC2)ccc1C(=O)NCCNC(=O)c1ccc(OC(F)(F)F)cc1. The summed E-state index contributed by atoms with van der Waals surface area (Å²) in [6, 6.07) is 9.60. The standard InChI is InChI=1S/C25H27F3N2O6/c1-15-14-20(35-18-6-4-17(5-7-18)24(33)34)10-11-21(15)23(32)30-13-12-29-22(31)16-2-8-19(9-3-16)36-25(26,27)28/h2-3,8-11,14,17-18H,4-7,12-13H2,1H3,(H,29,31)(H,30,32)(H,33,34). The van der Waals surface area contributed by atoms with Gasteiger partial charge < -0.3 is 25.2 Å². The summed E-state index contributed by atoms with van der Waals surface area (Å²) >= 11 is 0. The van der Waals surface area contributed by atoms with E-state index in [0.29, 0.717) is 42.6 Å². The highest BCUT2D eigenvalue weighted by molar-refractivity contribution is 5.96. The number of benzene rings is 2. The number of halogens is 3. The minimum absolute atomic E-state index is 0.0587. The number of ether oxygens (including phenoxy) is 2. The fraction of sp³-hybridized carbons (Fsp3) is 0.400. The van der Waals surface area contributed by atoms with E-state index < -0.39 is 24.0 Å². The molecule has 194 valence electrons. The fourth-order valence-electron chi connectivity index (χ4n) is 3.94. The molecule has 3 N–H and O–H groups in total. The van der Waals surface area contributed by atoms with E-state index in [4.69, 9.17) is 9.84 Å². The highest BCUT2D eigenvalue weighted by Gasteiger charge is 2.31. The van der Waals surface area contributed by atoms with E-state index in [1.54, 1.807) is 25.1 Å². The molecule has 0 saturated heterocycles. The molecule has 0 heterocycles. The summed E-state index contributed by atoms with van der Waals surface area (Å²) < 4.78 is 46.4. The summed E-state index contributed by atoms with van der Waals surface area (Å²) in [4.78, 5) is 35.7. The molecule has 0 aromatic heterocycles. The topological polar surface area (TPSA) is 114 Å². The number of hydrogen-bond acceptors (Lipinski definition) is 5. The predicted molar refractivity (Wildman–Crippen MR) is 123 cm³/mol. The zero-order chi connectivity index (χ0) is 26.3. The Kier molecular flexibility index (Phi) is 8.78. The Bertz CT molecular complexity index is 1080. The highest BCUT2D eigenvalue weighted by atomic mass is 19.4. The molecule has 36 heavy (non-hydrogen) atoms. The van der Waals surface area contributed by atoms with Crippen molar-refractivity contribution >= 4 is 17.8 Å². The Morgan fingerprint density at radius 1 is 0.917 bits per heavy atom. The first-order valence-corrected chi connectivity index (χ1v) is 11.4. The minimum Gasteiger partial charge on any atom is -0.490 e. The van der Waals surface area contributed by atoms with Crippen molar-refractivity contribution in [2.75, 3.05) is 13.1 Å². The third-order valence-corrected chi connectivity index (χ3v) is 5.81. The van der Waals surface area contributed by atoms with Crippen molar-refractivity contribution in [3.05, 3.63) is 59.2 Å². The molecular formula is C25H27F3N2O6. The lowest BCUT2D eigenvalue weighted by Gasteiger charge is -2.27. The Balaban J connectivity index is 1.42. The van der Waals surface area contributed by atoms with Crippen LogP contribution in [0.4, 0.5) is 13.2 Å². The van der Waals surface area contributed by atoms with Crippen molar-refractivity contribution in [2.45, 2.75) is 45.1 Å². The molecule has 3 rings (SSSR count). The maximum Gasteiger partial charge on any atom is 0.573 e. The van der Waals surface area contributed by atoms with Crippen LogP contribution in [-0.4, -0.2) is 48.4 Å². The van der Waals surface area contributed by atoms with Gasteiger partial charge in [0.05, 0.1) is 12.0 Å². The lowest BCUT2D eigenvalue weighted by molar-refractivity contribution is -0.274. The monoisotopic (exact) mass is 508 g/mol. The zero-order valence-electron chi connectivity index (χ0n) is 19.6. The van der Waals surface area contributed by atoms with Crippen molar-refractivity contribution < 1.29 is 42.1 Å². The number of carbonyl (C=O) groups excluding carboxylic acids is 2. The summed E-state index contributed by atoms with van der Waals surface area (Å²) in [5.74, 6) is -1.74. The van der Waals surface area contributed by atoms with Gasteiger partial charge in [0.1, 0.15) is 11.5 Å². The number of hydrogen-bond donors (Lipinski definition) is 3. The van der Waals surface area contributed by atoms with Crippen LogP contribution in [0.25, 0.3) is 0 Å². The first kappa shape index (κ1) is 26.8. The van der Waals surface area contributed by atoms with E-state index in [-0.39, 0.29) is 36.6 Å². The van der Waals surface area contributed by atoms with Gasteiger partial charge in [-0.1, -0.05) is 0 Å². The quantitative estimate of drug-likeness (QED) is 0.440. The van der Waals surface area contributed by atoms with Crippen molar-refractivity contribution in [3.63, 3.8) is 0 Å². The summed E-state index contributed by atoms with van der Waals surface area (Å²) in [6.07, 6.45) is -2.39. The number of aryl methyl sites for hydroxylation is 1. The Hall–Kier alpha value is -3.76. The van der Waals surface area contributed by atoms with Gasteiger partial charge >= 0.3 is 12.3 Å². The van der Waals surface area contributed by atoms with Crippen LogP contribution in [0.1, 0.15) is 52.0 Å². The third kappa shape index (κ3) is 7.89. The Morgan fingerprint density at radius 3 is 2.06 bits per heavy atom. The number of carbonyl (C=O) groups is 3. The number of alkyl halides is 3. The van der Waals surface area contributed by atoms with Crippen LogP contribution in [0.3, 0.4) is 0 Å². The maximum atomic E-state index is 12.5. The molecule has 1 saturated carbocycles. The van der Waals surface area contributed by atoms with Gasteiger partial charge in [0.25, 0.3) is 11.8 Å². The summed E-state index contributed by atoms with van der Waals surface area (Å²) in [7, 11) is 0. The molecule has 8 nitrogen and oxygen atoms in total. The van der Waals surface area contributed by atoms with E-state index in [0.717, 1.165) is 12.1 Å². The van der Waals surface area contributed by atoms with Gasteiger partial charge in [-0.3, -0.25) is 14.4 Å². The van der Waals surface area contributed by atoms with Crippen molar-refractivity contribution in [2.24, 2.45) is 5.92 Å². The van der Waals surface area contributed by atoms with Crippen molar-refractivity contribution in [1.82, 2.24) is 10.6 Å². The molecule has 1 aliphatic rings. The average Bonchev–Trinajstić information content (AvgIpc) is 2.81. The lowest BCUT2D eigenvalue weighted by Crippen LogP contribution is -2.35. The van der Waals surface area contributed by atoms with E-state index in [1.807, 2.05) is 0 Å². The Morgan fingerprint density at radius 2 is 1.50 bits per heavy atom. The van der Waals surface area contributed by atoms with Gasteiger partial charge in [-0.2, -0.15) is 0 Å². The molecule has 1 fully saturated rings. The largest absolute Gasteiger partial charge is 0.573 e. The molecule has 0 bridgehead atoms. The summed E-state index contributed by atoms with van der Waals surface area (Å²) in [6.45, 7) is 2.03. The molecule has 1 aliphatic carbocycles. The maximum absolute atomic E-state index is 12.5. The van der Waals surface area contributed by atoms with E-state index >= 15 is 0 Å². The van der Waals surface area contributed by atoms with Crippen LogP contribution in [0.15, 0.2) is 42.5 Å². The fourth-order valence-corrected chi connectivity index (χ4v) is 3.94. The van der Waals surface area contributed by atoms with E-state index in [1.165, 1.54) is 12.1 Å². The molecule has 0 radical (unpaired) electrons. The summed E-state index contributed by atoms with van der Waals surface area (Å²) in [5, 5.41) is 14.4. The molecular weight excluding hydrogens is 481 g/mol. The predicted octanol–water partition coefficient (Wildman–Crippen LogP) is 4.08. The van der Waals surface area contributed by atoms with Crippen LogP contribution in [0.2, 0.25) is 0 Å². The number of amides is 2. The molecule has 0 spiro atoms. The van der Waals surface area contributed by atoms with E-state index in [9.17, 15) is 27.6 Å². The molecule has 2 amide bonds. The molecule has 11 heteroatoms. The van der Waals surface area contributed by atoms with Crippen LogP contribution in [0, 0.1) is 12.8 Å². The summed E-state index contributed by atoms with van der Waals surface area (Å²) in [5.41, 5.74) is 1.30. The van der Waals surface area contributed by atoms with Crippen LogP contribution >= 0.6 is 0 Å². The second-order valence-corrected chi connectivity index (χ2v) is 8.49. The van der Waals surface area contributed by atoms with Crippen molar-refractivity contribution in [3.8, 4) is 11.5 Å². The van der Waals surface area contributed by atoms with Gasteiger partial charge in [0.2, 0.25) is 0 Å². The lowest BCUT2D eigenvalue weighted by atomic mass is 9.87. The molecule has 0 unspecified atom stereocenters. The molecule has 0 atom stereocenters. The van der Waals surface area contributed by atoms with Crippen LogP contribution < -0.4 is 20.1 Å². The first-order chi connectivity index (χ1) is 17.0. The normalized spacial score (nSPS) is 17.7. The molecule has 0 aliphatic heterocycles. The number of carboxylic acids is 1. The van der Waals surface area contributed by atoms with Crippen LogP contribution in [-0.2, 0) is 4.79 Å². The number of rotatable bonds is 9. The molecule has 2 aromatic rings. The number of aliphatic carboxylic acids is 1.